The normalized spacial score (nSPS) is 16.3. The summed E-state index contributed by atoms with van der Waals surface area (Å²) in [6.07, 6.45) is 3.76. The van der Waals surface area contributed by atoms with Gasteiger partial charge in [-0.1, -0.05) is 6.07 Å². The van der Waals surface area contributed by atoms with E-state index in [0.29, 0.717) is 6.61 Å². The minimum atomic E-state index is -0.202. The van der Waals surface area contributed by atoms with Gasteiger partial charge in [-0.3, -0.25) is 4.90 Å². The first kappa shape index (κ1) is 13.9. The fourth-order valence-corrected chi connectivity index (χ4v) is 2.63. The minimum Gasteiger partial charge on any atom is -0.450 e. The van der Waals surface area contributed by atoms with E-state index in [1.807, 2.05) is 37.5 Å². The lowest BCUT2D eigenvalue weighted by molar-refractivity contribution is 0.0774. The average molecular weight is 288 g/mol. The van der Waals surface area contributed by atoms with E-state index in [0.717, 1.165) is 38.4 Å². The number of hydrogen-bond donors (Lipinski definition) is 0. The summed E-state index contributed by atoms with van der Waals surface area (Å²) in [5.41, 5.74) is 2.15. The molecule has 1 saturated heterocycles. The third-order valence-corrected chi connectivity index (χ3v) is 3.78. The van der Waals surface area contributed by atoms with Crippen molar-refractivity contribution in [3.05, 3.63) is 36.3 Å². The lowest BCUT2D eigenvalue weighted by Gasteiger charge is -2.33. The highest BCUT2D eigenvalue weighted by Gasteiger charge is 2.22. The maximum Gasteiger partial charge on any atom is 0.409 e. The highest BCUT2D eigenvalue weighted by molar-refractivity contribution is 5.67. The maximum absolute atomic E-state index is 11.7. The van der Waals surface area contributed by atoms with Crippen LogP contribution in [0.15, 0.2) is 30.6 Å². The molecule has 0 N–H and O–H groups in total. The smallest absolute Gasteiger partial charge is 0.409 e. The summed E-state index contributed by atoms with van der Waals surface area (Å²) >= 11 is 0. The summed E-state index contributed by atoms with van der Waals surface area (Å²) in [7, 11) is 0. The molecule has 3 heterocycles. The number of carbonyl (C=O) groups excluding carboxylic acids is 1. The van der Waals surface area contributed by atoms with Crippen molar-refractivity contribution in [1.82, 2.24) is 19.2 Å². The molecule has 6 heteroatoms. The van der Waals surface area contributed by atoms with E-state index in [2.05, 4.69) is 14.3 Å². The number of amides is 1. The molecule has 21 heavy (non-hydrogen) atoms. The number of fused-ring (bicyclic) bond motifs is 1. The highest BCUT2D eigenvalue weighted by atomic mass is 16.6. The molecule has 3 rings (SSSR count). The van der Waals surface area contributed by atoms with Crippen molar-refractivity contribution in [2.45, 2.75) is 13.5 Å². The third kappa shape index (κ3) is 3.00. The predicted molar refractivity (Wildman–Crippen MR) is 79.1 cm³/mol. The molecule has 0 spiro atoms. The Morgan fingerprint density at radius 3 is 2.86 bits per heavy atom. The first-order chi connectivity index (χ1) is 10.3. The Labute approximate surface area is 123 Å². The fourth-order valence-electron chi connectivity index (χ4n) is 2.63. The topological polar surface area (TPSA) is 50.1 Å². The number of ether oxygens (including phenoxy) is 1. The number of aromatic nitrogens is 2. The summed E-state index contributed by atoms with van der Waals surface area (Å²) in [6, 6.07) is 6.00. The van der Waals surface area contributed by atoms with Crippen LogP contribution < -0.4 is 0 Å². The van der Waals surface area contributed by atoms with E-state index < -0.39 is 0 Å². The van der Waals surface area contributed by atoms with Crippen LogP contribution in [0.3, 0.4) is 0 Å². The zero-order valence-corrected chi connectivity index (χ0v) is 12.2. The van der Waals surface area contributed by atoms with E-state index >= 15 is 0 Å². The molecule has 0 atom stereocenters. The lowest BCUT2D eigenvalue weighted by Crippen LogP contribution is -2.48. The lowest BCUT2D eigenvalue weighted by atomic mass is 10.3. The average Bonchev–Trinajstić information content (AvgIpc) is 2.92. The predicted octanol–water partition coefficient (Wildman–Crippen LogP) is 1.61. The second kappa shape index (κ2) is 6.13. The Kier molecular flexibility index (Phi) is 4.06. The van der Waals surface area contributed by atoms with Crippen molar-refractivity contribution in [2.24, 2.45) is 0 Å². The van der Waals surface area contributed by atoms with Gasteiger partial charge in [0.25, 0.3) is 0 Å². The zero-order chi connectivity index (χ0) is 14.7. The zero-order valence-electron chi connectivity index (χ0n) is 12.2. The number of hydrogen-bond acceptors (Lipinski definition) is 4. The number of imidazole rings is 1. The summed E-state index contributed by atoms with van der Waals surface area (Å²) < 4.78 is 7.14. The van der Waals surface area contributed by atoms with Gasteiger partial charge in [-0.15, -0.1) is 0 Å². The number of piperazine rings is 1. The first-order valence-electron chi connectivity index (χ1n) is 7.33. The molecule has 112 valence electrons. The highest BCUT2D eigenvalue weighted by Crippen LogP contribution is 2.11. The van der Waals surface area contributed by atoms with Crippen LogP contribution in [0.1, 0.15) is 12.6 Å². The van der Waals surface area contributed by atoms with Crippen LogP contribution >= 0.6 is 0 Å². The molecule has 1 aliphatic heterocycles. The maximum atomic E-state index is 11.7. The molecule has 0 aliphatic carbocycles. The van der Waals surface area contributed by atoms with E-state index in [-0.39, 0.29) is 6.09 Å². The molecule has 6 nitrogen and oxygen atoms in total. The molecule has 0 radical (unpaired) electrons. The van der Waals surface area contributed by atoms with Gasteiger partial charge in [0.15, 0.2) is 0 Å². The summed E-state index contributed by atoms with van der Waals surface area (Å²) in [4.78, 5) is 20.2. The molecule has 1 aliphatic rings. The second-order valence-corrected chi connectivity index (χ2v) is 5.14. The van der Waals surface area contributed by atoms with Gasteiger partial charge in [0.2, 0.25) is 0 Å². The van der Waals surface area contributed by atoms with Gasteiger partial charge in [-0.05, 0) is 19.1 Å². The van der Waals surface area contributed by atoms with Gasteiger partial charge in [-0.25, -0.2) is 9.78 Å². The fraction of sp³-hybridized carbons (Fsp3) is 0.467. The Balaban J connectivity index is 1.59. The molecule has 2 aromatic heterocycles. The number of pyridine rings is 1. The number of carbonyl (C=O) groups is 1. The molecule has 0 bridgehead atoms. The molecular formula is C15H20N4O2. The van der Waals surface area contributed by atoms with Crippen LogP contribution in [-0.2, 0) is 11.3 Å². The third-order valence-electron chi connectivity index (χ3n) is 3.78. The molecule has 0 unspecified atom stereocenters. The Morgan fingerprint density at radius 2 is 2.10 bits per heavy atom. The molecule has 2 aromatic rings. The summed E-state index contributed by atoms with van der Waals surface area (Å²) in [5, 5.41) is 0. The monoisotopic (exact) mass is 288 g/mol. The van der Waals surface area contributed by atoms with Gasteiger partial charge < -0.3 is 14.0 Å². The van der Waals surface area contributed by atoms with Crippen LogP contribution in [0.2, 0.25) is 0 Å². The van der Waals surface area contributed by atoms with Crippen LogP contribution in [0.25, 0.3) is 5.65 Å². The van der Waals surface area contributed by atoms with Gasteiger partial charge in [0.1, 0.15) is 5.65 Å². The first-order valence-corrected chi connectivity index (χ1v) is 7.33. The van der Waals surface area contributed by atoms with E-state index in [1.165, 1.54) is 5.69 Å². The van der Waals surface area contributed by atoms with Crippen molar-refractivity contribution < 1.29 is 9.53 Å². The van der Waals surface area contributed by atoms with Crippen LogP contribution in [0.4, 0.5) is 4.79 Å². The minimum absolute atomic E-state index is 0.202. The van der Waals surface area contributed by atoms with Crippen molar-refractivity contribution in [3.8, 4) is 0 Å². The van der Waals surface area contributed by atoms with Gasteiger partial charge in [-0.2, -0.15) is 0 Å². The van der Waals surface area contributed by atoms with Crippen molar-refractivity contribution >= 4 is 11.7 Å². The second-order valence-electron chi connectivity index (χ2n) is 5.14. The number of rotatable bonds is 3. The van der Waals surface area contributed by atoms with Crippen molar-refractivity contribution in [3.63, 3.8) is 0 Å². The van der Waals surface area contributed by atoms with Crippen LogP contribution in [-0.4, -0.2) is 58.1 Å². The number of nitrogens with zero attached hydrogens (tertiary/aromatic N) is 4. The van der Waals surface area contributed by atoms with E-state index in [4.69, 9.17) is 4.74 Å². The molecule has 0 aromatic carbocycles. The van der Waals surface area contributed by atoms with Crippen molar-refractivity contribution in [2.75, 3.05) is 32.8 Å². The standard InChI is InChI=1S/C15H20N4O2/c1-2-21-15(20)18-9-7-17(8-10-18)12-13-11-16-14-5-3-4-6-19(13)14/h3-6,11H,2,7-10,12H2,1H3. The summed E-state index contributed by atoms with van der Waals surface area (Å²) in [5.74, 6) is 0. The Morgan fingerprint density at radius 1 is 1.29 bits per heavy atom. The Bertz CT molecular complexity index is 617. The molecule has 0 saturated carbocycles. The van der Waals surface area contributed by atoms with Gasteiger partial charge in [0, 0.05) is 38.9 Å². The Hall–Kier alpha value is -2.08. The van der Waals surface area contributed by atoms with Crippen LogP contribution in [0, 0.1) is 0 Å². The van der Waals surface area contributed by atoms with Gasteiger partial charge >= 0.3 is 6.09 Å². The SMILES string of the molecule is CCOC(=O)N1CCN(Cc2cnc3ccccn23)CC1. The van der Waals surface area contributed by atoms with Crippen LogP contribution in [0.5, 0.6) is 0 Å². The van der Waals surface area contributed by atoms with Crippen molar-refractivity contribution in [1.29, 1.82) is 0 Å². The molecular weight excluding hydrogens is 268 g/mol. The molecule has 1 amide bonds. The van der Waals surface area contributed by atoms with Gasteiger partial charge in [0.05, 0.1) is 18.5 Å². The molecule has 1 fully saturated rings. The van der Waals surface area contributed by atoms with E-state index in [1.54, 1.807) is 4.90 Å². The largest absolute Gasteiger partial charge is 0.450 e. The quantitative estimate of drug-likeness (QED) is 0.861. The summed E-state index contributed by atoms with van der Waals surface area (Å²) in [6.45, 7) is 6.27. The van der Waals surface area contributed by atoms with E-state index in [9.17, 15) is 4.79 Å².